The van der Waals surface area contributed by atoms with Gasteiger partial charge < -0.3 is 25.0 Å². The summed E-state index contributed by atoms with van der Waals surface area (Å²) < 4.78 is 26.2. The molecule has 1 saturated heterocycles. The van der Waals surface area contributed by atoms with Crippen molar-refractivity contribution in [3.05, 3.63) is 65.2 Å². The molecule has 1 aromatic heterocycles. The van der Waals surface area contributed by atoms with Crippen molar-refractivity contribution in [3.63, 3.8) is 0 Å². The van der Waals surface area contributed by atoms with Gasteiger partial charge in [-0.25, -0.2) is 9.07 Å². The largest absolute Gasteiger partial charge is 0.497 e. The predicted octanol–water partition coefficient (Wildman–Crippen LogP) is 1.68. The normalized spacial score (nSPS) is 15.8. The molecule has 2 aliphatic rings. The molecule has 3 amide bonds. The maximum absolute atomic E-state index is 14.9. The first kappa shape index (κ1) is 22.5. The summed E-state index contributed by atoms with van der Waals surface area (Å²) in [5, 5.41) is 4.20. The Morgan fingerprint density at radius 2 is 1.80 bits per heavy atom. The highest BCUT2D eigenvalue weighted by molar-refractivity contribution is 6.09. The molecule has 180 valence electrons. The number of morpholine rings is 1. The minimum absolute atomic E-state index is 0.00840. The van der Waals surface area contributed by atoms with Crippen LogP contribution in [-0.2, 0) is 16.0 Å². The van der Waals surface area contributed by atoms with Crippen molar-refractivity contribution in [1.29, 1.82) is 0 Å². The number of benzene rings is 2. The number of hydrogen-bond donors (Lipinski definition) is 1. The maximum Gasteiger partial charge on any atom is 0.277 e. The topological polar surface area (TPSA) is 120 Å². The summed E-state index contributed by atoms with van der Waals surface area (Å²) in [6.07, 6.45) is 0.306. The Balaban J connectivity index is 1.52. The Morgan fingerprint density at radius 3 is 2.43 bits per heavy atom. The van der Waals surface area contributed by atoms with Crippen LogP contribution in [0, 0.1) is 5.82 Å². The number of halogens is 1. The van der Waals surface area contributed by atoms with Crippen LogP contribution in [0.5, 0.6) is 5.75 Å². The molecule has 0 radical (unpaired) electrons. The molecule has 2 aromatic carbocycles. The summed E-state index contributed by atoms with van der Waals surface area (Å²) >= 11 is 0. The number of carbonyl (C=O) groups excluding carboxylic acids is 3. The second-order valence-corrected chi connectivity index (χ2v) is 8.09. The highest BCUT2D eigenvalue weighted by Gasteiger charge is 2.35. The van der Waals surface area contributed by atoms with Crippen molar-refractivity contribution >= 4 is 29.1 Å². The molecule has 0 unspecified atom stereocenters. The monoisotopic (exact) mass is 479 g/mol. The molecule has 0 aliphatic carbocycles. The van der Waals surface area contributed by atoms with Crippen molar-refractivity contribution in [2.45, 2.75) is 6.42 Å². The van der Waals surface area contributed by atoms with E-state index in [-0.39, 0.29) is 36.1 Å². The zero-order chi connectivity index (χ0) is 24.7. The summed E-state index contributed by atoms with van der Waals surface area (Å²) in [7, 11) is 1.41. The SMILES string of the molecule is COc1ccc(-n2nc(C(N)=O)c3c2C(=O)N(c2ccc(N4CCOCC4=O)cc2)CC3)c(F)c1. The molecule has 11 heteroatoms. The number of nitrogens with zero attached hydrogens (tertiary/aromatic N) is 4. The van der Waals surface area contributed by atoms with Gasteiger partial charge in [0.05, 0.1) is 13.7 Å². The molecular formula is C24H22FN5O5. The third kappa shape index (κ3) is 3.89. The van der Waals surface area contributed by atoms with Gasteiger partial charge in [-0.3, -0.25) is 14.4 Å². The van der Waals surface area contributed by atoms with E-state index >= 15 is 0 Å². The second kappa shape index (κ2) is 8.84. The van der Waals surface area contributed by atoms with Gasteiger partial charge in [-0.15, -0.1) is 0 Å². The van der Waals surface area contributed by atoms with Crippen molar-refractivity contribution in [2.75, 3.05) is 43.2 Å². The average Bonchev–Trinajstić information content (AvgIpc) is 3.25. The number of rotatable bonds is 5. The van der Waals surface area contributed by atoms with Crippen LogP contribution in [0.3, 0.4) is 0 Å². The number of ether oxygens (including phenoxy) is 2. The standard InChI is InChI=1S/C24H22FN5O5/c1-34-16-6-7-19(18(25)12-16)30-22-17(21(27-30)23(26)32)8-9-29(24(22)33)15-4-2-14(3-5-15)28-10-11-35-13-20(28)31/h2-7,12H,8-11,13H2,1H3,(H2,26,32). The molecule has 0 saturated carbocycles. The fourth-order valence-electron chi connectivity index (χ4n) is 4.37. The van der Waals surface area contributed by atoms with E-state index in [0.717, 1.165) is 4.68 Å². The molecule has 3 heterocycles. The van der Waals surface area contributed by atoms with Crippen molar-refractivity contribution < 1.29 is 28.2 Å². The molecule has 0 spiro atoms. The van der Waals surface area contributed by atoms with Gasteiger partial charge in [0.2, 0.25) is 0 Å². The predicted molar refractivity (Wildman–Crippen MR) is 124 cm³/mol. The van der Waals surface area contributed by atoms with Gasteiger partial charge in [-0.05, 0) is 42.8 Å². The number of carbonyl (C=O) groups is 3. The third-order valence-electron chi connectivity index (χ3n) is 6.09. The summed E-state index contributed by atoms with van der Waals surface area (Å²) in [6.45, 7) is 1.21. The van der Waals surface area contributed by atoms with E-state index in [1.807, 2.05) is 0 Å². The average molecular weight is 479 g/mol. The molecule has 2 aliphatic heterocycles. The first-order valence-corrected chi connectivity index (χ1v) is 10.9. The number of amides is 3. The van der Waals surface area contributed by atoms with E-state index in [1.54, 1.807) is 29.2 Å². The Morgan fingerprint density at radius 1 is 1.09 bits per heavy atom. The highest BCUT2D eigenvalue weighted by atomic mass is 19.1. The minimum Gasteiger partial charge on any atom is -0.497 e. The maximum atomic E-state index is 14.9. The van der Waals surface area contributed by atoms with E-state index in [2.05, 4.69) is 5.10 Å². The van der Waals surface area contributed by atoms with Gasteiger partial charge in [0.25, 0.3) is 17.7 Å². The Labute approximate surface area is 199 Å². The fraction of sp³-hybridized carbons (Fsp3) is 0.250. The lowest BCUT2D eigenvalue weighted by Gasteiger charge is -2.29. The van der Waals surface area contributed by atoms with E-state index < -0.39 is 17.6 Å². The second-order valence-electron chi connectivity index (χ2n) is 8.09. The molecule has 2 N–H and O–H groups in total. The minimum atomic E-state index is -0.797. The van der Waals surface area contributed by atoms with Gasteiger partial charge in [0.1, 0.15) is 23.7 Å². The van der Waals surface area contributed by atoms with E-state index in [4.69, 9.17) is 15.2 Å². The van der Waals surface area contributed by atoms with Gasteiger partial charge in [-0.2, -0.15) is 5.10 Å². The first-order chi connectivity index (χ1) is 16.9. The van der Waals surface area contributed by atoms with Crippen LogP contribution in [0.25, 0.3) is 5.69 Å². The number of anilines is 2. The van der Waals surface area contributed by atoms with Gasteiger partial charge in [0.15, 0.2) is 11.5 Å². The number of hydrogen-bond acceptors (Lipinski definition) is 6. The van der Waals surface area contributed by atoms with Gasteiger partial charge in [-0.1, -0.05) is 0 Å². The van der Waals surface area contributed by atoms with Crippen molar-refractivity contribution in [1.82, 2.24) is 9.78 Å². The van der Waals surface area contributed by atoms with Crippen LogP contribution in [0.15, 0.2) is 42.5 Å². The lowest BCUT2D eigenvalue weighted by Crippen LogP contribution is -2.41. The molecule has 3 aromatic rings. The Hall–Kier alpha value is -4.25. The summed E-state index contributed by atoms with van der Waals surface area (Å²) in [5.74, 6) is -1.75. The molecule has 1 fully saturated rings. The van der Waals surface area contributed by atoms with E-state index in [9.17, 15) is 18.8 Å². The summed E-state index contributed by atoms with van der Waals surface area (Å²) in [4.78, 5) is 40.9. The molecule has 10 nitrogen and oxygen atoms in total. The number of aromatic nitrogens is 2. The van der Waals surface area contributed by atoms with E-state index in [1.165, 1.54) is 30.2 Å². The Kier molecular flexibility index (Phi) is 5.69. The Bertz CT molecular complexity index is 1340. The molecular weight excluding hydrogens is 457 g/mol. The van der Waals surface area contributed by atoms with E-state index in [0.29, 0.717) is 42.3 Å². The van der Waals surface area contributed by atoms with Crippen LogP contribution < -0.4 is 20.3 Å². The van der Waals surface area contributed by atoms with Crippen LogP contribution in [0.1, 0.15) is 26.5 Å². The van der Waals surface area contributed by atoms with Gasteiger partial charge in [0, 0.05) is 36.1 Å². The van der Waals surface area contributed by atoms with Crippen LogP contribution in [0.4, 0.5) is 15.8 Å². The van der Waals surface area contributed by atoms with Crippen LogP contribution in [-0.4, -0.2) is 60.9 Å². The number of primary amides is 1. The highest BCUT2D eigenvalue weighted by Crippen LogP contribution is 2.31. The van der Waals surface area contributed by atoms with Gasteiger partial charge >= 0.3 is 0 Å². The molecule has 5 rings (SSSR count). The lowest BCUT2D eigenvalue weighted by molar-refractivity contribution is -0.125. The first-order valence-electron chi connectivity index (χ1n) is 10.9. The smallest absolute Gasteiger partial charge is 0.277 e. The molecule has 0 bridgehead atoms. The quantitative estimate of drug-likeness (QED) is 0.595. The van der Waals surface area contributed by atoms with Crippen molar-refractivity contribution in [3.8, 4) is 11.4 Å². The molecule has 0 atom stereocenters. The van der Waals surface area contributed by atoms with Crippen LogP contribution in [0.2, 0.25) is 0 Å². The lowest BCUT2D eigenvalue weighted by atomic mass is 10.0. The van der Waals surface area contributed by atoms with Crippen molar-refractivity contribution in [2.24, 2.45) is 5.73 Å². The summed E-state index contributed by atoms with van der Waals surface area (Å²) in [5.41, 5.74) is 7.18. The molecule has 35 heavy (non-hydrogen) atoms. The zero-order valence-electron chi connectivity index (χ0n) is 18.9. The third-order valence-corrected chi connectivity index (χ3v) is 6.09. The number of methoxy groups -OCH3 is 1. The fourth-order valence-corrected chi connectivity index (χ4v) is 4.37. The number of nitrogens with two attached hydrogens (primary N) is 1. The number of fused-ring (bicyclic) bond motifs is 1. The zero-order valence-corrected chi connectivity index (χ0v) is 18.9. The summed E-state index contributed by atoms with van der Waals surface area (Å²) in [6, 6.07) is 11.1. The van der Waals surface area contributed by atoms with Crippen LogP contribution >= 0.6 is 0 Å².